The summed E-state index contributed by atoms with van der Waals surface area (Å²) in [5.41, 5.74) is 6.58. The van der Waals surface area contributed by atoms with Gasteiger partial charge >= 0.3 is 11.9 Å². The number of nitriles is 1. The van der Waals surface area contributed by atoms with E-state index in [0.29, 0.717) is 17.9 Å². The minimum Gasteiger partial charge on any atom is -0.494 e. The number of hydrogen-bond acceptors (Lipinski definition) is 8. The number of carbonyl (C=O) groups is 2. The molecule has 154 valence electrons. The summed E-state index contributed by atoms with van der Waals surface area (Å²) in [5.74, 6) is -1.90. The molecule has 0 fully saturated rings. The maximum absolute atomic E-state index is 12.8. The number of esters is 2. The lowest BCUT2D eigenvalue weighted by atomic mass is 9.82. The molecule has 0 aromatic heterocycles. The van der Waals surface area contributed by atoms with E-state index in [4.69, 9.17) is 24.7 Å². The maximum atomic E-state index is 12.8. The Morgan fingerprint density at radius 3 is 2.45 bits per heavy atom. The second-order valence-electron chi connectivity index (χ2n) is 5.93. The van der Waals surface area contributed by atoms with Crippen LogP contribution in [0.2, 0.25) is 0 Å². The van der Waals surface area contributed by atoms with E-state index in [2.05, 4.69) is 0 Å². The molecule has 1 atom stereocenters. The number of carbonyl (C=O) groups excluding carboxylic acids is 2. The Balaban J connectivity index is 2.70. The van der Waals surface area contributed by atoms with Gasteiger partial charge in [0, 0.05) is 5.56 Å². The van der Waals surface area contributed by atoms with E-state index in [-0.39, 0.29) is 42.4 Å². The van der Waals surface area contributed by atoms with E-state index < -0.39 is 17.9 Å². The quantitative estimate of drug-likeness (QED) is 0.661. The third-order valence-electron chi connectivity index (χ3n) is 4.13. The van der Waals surface area contributed by atoms with Crippen LogP contribution < -0.4 is 10.5 Å². The average molecular weight is 400 g/mol. The normalized spacial score (nSPS) is 16.0. The highest BCUT2D eigenvalue weighted by molar-refractivity contribution is 5.94. The summed E-state index contributed by atoms with van der Waals surface area (Å²) in [6, 6.07) is 9.01. The SMILES string of the molecule is CCOC(=O)CC1=C(C(=O)OCC)C(c2ccccc2OCC)C(C#N)=C(N)O1. The second-order valence-corrected chi connectivity index (χ2v) is 5.93. The predicted octanol–water partition coefficient (Wildman–Crippen LogP) is 2.66. The van der Waals surface area contributed by atoms with Gasteiger partial charge in [0.15, 0.2) is 0 Å². The number of rotatable bonds is 8. The van der Waals surface area contributed by atoms with Gasteiger partial charge in [0.2, 0.25) is 5.88 Å². The Morgan fingerprint density at radius 2 is 1.83 bits per heavy atom. The summed E-state index contributed by atoms with van der Waals surface area (Å²) in [5, 5.41) is 9.72. The van der Waals surface area contributed by atoms with Crippen LogP contribution in [-0.2, 0) is 23.8 Å². The molecule has 0 saturated carbocycles. The first-order chi connectivity index (χ1) is 14.0. The van der Waals surface area contributed by atoms with Crippen molar-refractivity contribution in [2.24, 2.45) is 5.73 Å². The van der Waals surface area contributed by atoms with Crippen LogP contribution >= 0.6 is 0 Å². The van der Waals surface area contributed by atoms with E-state index in [0.717, 1.165) is 0 Å². The fraction of sp³-hybridized carbons (Fsp3) is 0.381. The topological polar surface area (TPSA) is 121 Å². The highest BCUT2D eigenvalue weighted by Crippen LogP contribution is 2.43. The van der Waals surface area contributed by atoms with Crippen molar-refractivity contribution in [2.45, 2.75) is 33.1 Å². The first kappa shape index (κ1) is 21.8. The smallest absolute Gasteiger partial charge is 0.338 e. The third-order valence-corrected chi connectivity index (χ3v) is 4.13. The Labute approximate surface area is 169 Å². The average Bonchev–Trinajstić information content (AvgIpc) is 2.68. The number of nitrogens with zero attached hydrogens (tertiary/aromatic N) is 1. The molecule has 0 aliphatic carbocycles. The summed E-state index contributed by atoms with van der Waals surface area (Å²) >= 11 is 0. The molecule has 1 heterocycles. The molecule has 0 radical (unpaired) electrons. The first-order valence-corrected chi connectivity index (χ1v) is 9.33. The van der Waals surface area contributed by atoms with Gasteiger partial charge in [0.25, 0.3) is 0 Å². The Kier molecular flexibility index (Phi) is 7.66. The molecule has 1 aliphatic rings. The zero-order valence-corrected chi connectivity index (χ0v) is 16.7. The zero-order valence-electron chi connectivity index (χ0n) is 16.7. The van der Waals surface area contributed by atoms with E-state index in [9.17, 15) is 14.9 Å². The van der Waals surface area contributed by atoms with Gasteiger partial charge < -0.3 is 24.7 Å². The lowest BCUT2D eigenvalue weighted by Crippen LogP contribution is -2.27. The van der Waals surface area contributed by atoms with Gasteiger partial charge in [-0.3, -0.25) is 4.79 Å². The van der Waals surface area contributed by atoms with Crippen LogP contribution in [0.1, 0.15) is 38.7 Å². The van der Waals surface area contributed by atoms with Crippen molar-refractivity contribution < 1.29 is 28.5 Å². The van der Waals surface area contributed by atoms with Gasteiger partial charge in [0.1, 0.15) is 29.6 Å². The van der Waals surface area contributed by atoms with E-state index in [1.54, 1.807) is 38.1 Å². The molecule has 29 heavy (non-hydrogen) atoms. The molecule has 8 heteroatoms. The van der Waals surface area contributed by atoms with Crippen LogP contribution in [0.15, 0.2) is 47.1 Å². The van der Waals surface area contributed by atoms with Crippen molar-refractivity contribution in [3.63, 3.8) is 0 Å². The second kappa shape index (κ2) is 10.2. The summed E-state index contributed by atoms with van der Waals surface area (Å²) in [6.45, 7) is 5.82. The van der Waals surface area contributed by atoms with E-state index in [1.165, 1.54) is 0 Å². The zero-order chi connectivity index (χ0) is 21.4. The van der Waals surface area contributed by atoms with Crippen molar-refractivity contribution in [2.75, 3.05) is 19.8 Å². The summed E-state index contributed by atoms with van der Waals surface area (Å²) < 4.78 is 21.4. The van der Waals surface area contributed by atoms with Crippen LogP contribution in [0.3, 0.4) is 0 Å². The van der Waals surface area contributed by atoms with Crippen molar-refractivity contribution in [1.82, 2.24) is 0 Å². The highest BCUT2D eigenvalue weighted by atomic mass is 16.5. The molecule has 2 N–H and O–H groups in total. The molecule has 0 bridgehead atoms. The molecule has 1 aliphatic heterocycles. The number of para-hydroxylation sites is 1. The first-order valence-electron chi connectivity index (χ1n) is 9.33. The lowest BCUT2D eigenvalue weighted by molar-refractivity contribution is -0.143. The van der Waals surface area contributed by atoms with E-state index >= 15 is 0 Å². The number of ether oxygens (including phenoxy) is 4. The number of nitrogens with two attached hydrogens (primary N) is 1. The van der Waals surface area contributed by atoms with E-state index in [1.807, 2.05) is 13.0 Å². The molecule has 0 spiro atoms. The van der Waals surface area contributed by atoms with Crippen LogP contribution in [0.25, 0.3) is 0 Å². The Morgan fingerprint density at radius 1 is 1.14 bits per heavy atom. The molecule has 1 aromatic rings. The summed E-state index contributed by atoms with van der Waals surface area (Å²) in [4.78, 5) is 24.9. The highest BCUT2D eigenvalue weighted by Gasteiger charge is 2.39. The Bertz CT molecular complexity index is 881. The fourth-order valence-corrected chi connectivity index (χ4v) is 3.04. The van der Waals surface area contributed by atoms with Crippen LogP contribution in [0.4, 0.5) is 0 Å². The lowest BCUT2D eigenvalue weighted by Gasteiger charge is -2.28. The molecule has 0 amide bonds. The van der Waals surface area contributed by atoms with Crippen LogP contribution in [0, 0.1) is 11.3 Å². The molecule has 1 unspecified atom stereocenters. The summed E-state index contributed by atoms with van der Waals surface area (Å²) in [6.07, 6.45) is -0.325. The fourth-order valence-electron chi connectivity index (χ4n) is 3.04. The minimum absolute atomic E-state index is 0.00491. The molecule has 2 rings (SSSR count). The predicted molar refractivity (Wildman–Crippen MR) is 103 cm³/mol. The Hall–Kier alpha value is -3.47. The van der Waals surface area contributed by atoms with Gasteiger partial charge in [-0.25, -0.2) is 4.79 Å². The monoisotopic (exact) mass is 400 g/mol. The molecule has 1 aromatic carbocycles. The van der Waals surface area contributed by atoms with Gasteiger partial charge in [0.05, 0.1) is 31.3 Å². The number of benzene rings is 1. The van der Waals surface area contributed by atoms with Crippen molar-refractivity contribution in [3.05, 3.63) is 52.6 Å². The third kappa shape index (κ3) is 4.88. The van der Waals surface area contributed by atoms with Gasteiger partial charge in [-0.2, -0.15) is 5.26 Å². The van der Waals surface area contributed by atoms with Gasteiger partial charge in [-0.05, 0) is 26.8 Å². The van der Waals surface area contributed by atoms with Crippen molar-refractivity contribution in [1.29, 1.82) is 5.26 Å². The van der Waals surface area contributed by atoms with Crippen molar-refractivity contribution >= 4 is 11.9 Å². The maximum Gasteiger partial charge on any atom is 0.338 e. The molecule has 0 saturated heterocycles. The van der Waals surface area contributed by atoms with Crippen LogP contribution in [-0.4, -0.2) is 31.8 Å². The van der Waals surface area contributed by atoms with Crippen molar-refractivity contribution in [3.8, 4) is 11.8 Å². The van der Waals surface area contributed by atoms with Gasteiger partial charge in [-0.1, -0.05) is 18.2 Å². The number of allylic oxidation sites excluding steroid dienone is 1. The number of hydrogen-bond donors (Lipinski definition) is 1. The largest absolute Gasteiger partial charge is 0.494 e. The van der Waals surface area contributed by atoms with Gasteiger partial charge in [-0.15, -0.1) is 0 Å². The molecular weight excluding hydrogens is 376 g/mol. The molecular formula is C21H24N2O6. The summed E-state index contributed by atoms with van der Waals surface area (Å²) in [7, 11) is 0. The molecule has 8 nitrogen and oxygen atoms in total. The minimum atomic E-state index is -0.903. The standard InChI is InChI=1S/C21H24N2O6/c1-4-26-15-10-8-7-9-13(15)18-14(12-22)20(23)29-16(11-17(24)27-5-2)19(18)21(25)28-6-3/h7-10,18H,4-6,11,23H2,1-3H3. The van der Waals surface area contributed by atoms with Crippen LogP contribution in [0.5, 0.6) is 5.75 Å².